The van der Waals surface area contributed by atoms with E-state index >= 15 is 0 Å². The summed E-state index contributed by atoms with van der Waals surface area (Å²) < 4.78 is 5.52. The van der Waals surface area contributed by atoms with Gasteiger partial charge in [-0.1, -0.05) is 13.8 Å². The van der Waals surface area contributed by atoms with E-state index in [0.29, 0.717) is 11.0 Å². The van der Waals surface area contributed by atoms with Gasteiger partial charge in [0.25, 0.3) is 0 Å². The summed E-state index contributed by atoms with van der Waals surface area (Å²) in [6.07, 6.45) is 0. The summed E-state index contributed by atoms with van der Waals surface area (Å²) >= 11 is 5.19. The molecule has 0 aliphatic carbocycles. The van der Waals surface area contributed by atoms with Crippen LogP contribution in [0.4, 0.5) is 0 Å². The summed E-state index contributed by atoms with van der Waals surface area (Å²) in [5, 5.41) is 7.04. The third-order valence-corrected chi connectivity index (χ3v) is 2.47. The Balaban J connectivity index is 2.39. The van der Waals surface area contributed by atoms with Crippen LogP contribution < -0.4 is 10.6 Å². The van der Waals surface area contributed by atoms with Crippen LogP contribution in [0.3, 0.4) is 0 Å². The van der Waals surface area contributed by atoms with Crippen LogP contribution in [0.2, 0.25) is 0 Å². The van der Waals surface area contributed by atoms with E-state index in [4.69, 9.17) is 16.6 Å². The molecule has 3 nitrogen and oxygen atoms in total. The van der Waals surface area contributed by atoms with Crippen molar-refractivity contribution in [1.82, 2.24) is 10.6 Å². The highest BCUT2D eigenvalue weighted by molar-refractivity contribution is 7.80. The fourth-order valence-corrected chi connectivity index (χ4v) is 1.56. The number of thiocarbonyl (C=S) groups is 1. The molecule has 1 unspecified atom stereocenters. The predicted molar refractivity (Wildman–Crippen MR) is 70.4 cm³/mol. The topological polar surface area (TPSA) is 37.2 Å². The van der Waals surface area contributed by atoms with Gasteiger partial charge in [-0.15, -0.1) is 0 Å². The van der Waals surface area contributed by atoms with Crippen molar-refractivity contribution in [2.45, 2.75) is 33.7 Å². The lowest BCUT2D eigenvalue weighted by Gasteiger charge is -2.16. The third-order valence-electron chi connectivity index (χ3n) is 2.21. The molecule has 0 aromatic carbocycles. The minimum atomic E-state index is 0.0980. The molecule has 1 rings (SSSR count). The van der Waals surface area contributed by atoms with Gasteiger partial charge in [0.15, 0.2) is 5.11 Å². The van der Waals surface area contributed by atoms with Crippen molar-refractivity contribution < 1.29 is 4.42 Å². The van der Waals surface area contributed by atoms with Gasteiger partial charge in [-0.25, -0.2) is 0 Å². The molecule has 0 amide bonds. The van der Waals surface area contributed by atoms with Gasteiger partial charge < -0.3 is 15.1 Å². The van der Waals surface area contributed by atoms with Gasteiger partial charge in [0.1, 0.15) is 11.5 Å². The zero-order chi connectivity index (χ0) is 12.1. The Labute approximate surface area is 103 Å². The Hall–Kier alpha value is -1.03. The highest BCUT2D eigenvalue weighted by Gasteiger charge is 2.10. The smallest absolute Gasteiger partial charge is 0.166 e. The van der Waals surface area contributed by atoms with Crippen molar-refractivity contribution in [3.63, 3.8) is 0 Å². The highest BCUT2D eigenvalue weighted by Crippen LogP contribution is 2.15. The van der Waals surface area contributed by atoms with Gasteiger partial charge in [0.2, 0.25) is 0 Å². The largest absolute Gasteiger partial charge is 0.464 e. The van der Waals surface area contributed by atoms with Crippen LogP contribution in [0.1, 0.15) is 38.3 Å². The van der Waals surface area contributed by atoms with E-state index in [1.807, 2.05) is 26.0 Å². The van der Waals surface area contributed by atoms with E-state index in [0.717, 1.165) is 18.1 Å². The fourth-order valence-electron chi connectivity index (χ4n) is 1.30. The van der Waals surface area contributed by atoms with Crippen molar-refractivity contribution in [3.8, 4) is 0 Å². The molecule has 0 spiro atoms. The first-order valence-electron chi connectivity index (χ1n) is 5.59. The molecule has 0 radical (unpaired) electrons. The Kier molecular flexibility index (Phi) is 4.80. The Morgan fingerprint density at radius 1 is 1.38 bits per heavy atom. The minimum absolute atomic E-state index is 0.0980. The first-order valence-corrected chi connectivity index (χ1v) is 6.00. The summed E-state index contributed by atoms with van der Waals surface area (Å²) in [5.74, 6) is 2.41. The van der Waals surface area contributed by atoms with E-state index in [-0.39, 0.29) is 6.04 Å². The van der Waals surface area contributed by atoms with E-state index < -0.39 is 0 Å². The Morgan fingerprint density at radius 2 is 2.06 bits per heavy atom. The molecule has 2 N–H and O–H groups in total. The van der Waals surface area contributed by atoms with Crippen LogP contribution in [0.25, 0.3) is 0 Å². The van der Waals surface area contributed by atoms with Crippen molar-refractivity contribution in [3.05, 3.63) is 23.7 Å². The molecule has 1 aromatic rings. The van der Waals surface area contributed by atoms with Crippen molar-refractivity contribution in [1.29, 1.82) is 0 Å². The number of nitrogens with one attached hydrogen (secondary N) is 2. The van der Waals surface area contributed by atoms with E-state index in [9.17, 15) is 0 Å². The number of furan rings is 1. The molecule has 0 saturated carbocycles. The van der Waals surface area contributed by atoms with Crippen molar-refractivity contribution >= 4 is 17.3 Å². The standard InChI is InChI=1S/C12H20N2OS/c1-8(2)7-13-12(16)14-10(4)11-6-5-9(3)15-11/h5-6,8,10H,7H2,1-4H3,(H2,13,14,16). The summed E-state index contributed by atoms with van der Waals surface area (Å²) in [4.78, 5) is 0. The molecule has 1 heterocycles. The minimum Gasteiger partial charge on any atom is -0.464 e. The molecule has 16 heavy (non-hydrogen) atoms. The number of rotatable bonds is 4. The first kappa shape index (κ1) is 13.0. The molecule has 0 saturated heterocycles. The lowest BCUT2D eigenvalue weighted by Crippen LogP contribution is -2.38. The maximum Gasteiger partial charge on any atom is 0.166 e. The summed E-state index contributed by atoms with van der Waals surface area (Å²) in [7, 11) is 0. The highest BCUT2D eigenvalue weighted by atomic mass is 32.1. The average Bonchev–Trinajstić information content (AvgIpc) is 2.62. The maximum absolute atomic E-state index is 5.52. The summed E-state index contributed by atoms with van der Waals surface area (Å²) in [6.45, 7) is 9.15. The van der Waals surface area contributed by atoms with Gasteiger partial charge in [-0.2, -0.15) is 0 Å². The molecule has 0 aliphatic rings. The molecule has 4 heteroatoms. The molecule has 90 valence electrons. The van der Waals surface area contributed by atoms with E-state index in [1.165, 1.54) is 0 Å². The lowest BCUT2D eigenvalue weighted by molar-refractivity contribution is 0.442. The molecule has 1 aromatic heterocycles. The second-order valence-corrected chi connectivity index (χ2v) is 4.83. The predicted octanol–water partition coefficient (Wildman–Crippen LogP) is 2.77. The SMILES string of the molecule is Cc1ccc(C(C)NC(=S)NCC(C)C)o1. The molecular weight excluding hydrogens is 220 g/mol. The van der Waals surface area contributed by atoms with Crippen molar-refractivity contribution in [2.24, 2.45) is 5.92 Å². The average molecular weight is 240 g/mol. The molecule has 1 atom stereocenters. The quantitative estimate of drug-likeness (QED) is 0.794. The van der Waals surface area contributed by atoms with Crippen LogP contribution in [-0.2, 0) is 0 Å². The zero-order valence-electron chi connectivity index (χ0n) is 10.3. The van der Waals surface area contributed by atoms with E-state index in [1.54, 1.807) is 0 Å². The maximum atomic E-state index is 5.52. The van der Waals surface area contributed by atoms with Gasteiger partial charge in [-0.05, 0) is 44.1 Å². The summed E-state index contributed by atoms with van der Waals surface area (Å²) in [6, 6.07) is 4.02. The van der Waals surface area contributed by atoms with Gasteiger partial charge in [-0.3, -0.25) is 0 Å². The zero-order valence-corrected chi connectivity index (χ0v) is 11.1. The lowest BCUT2D eigenvalue weighted by atomic mass is 10.2. The van der Waals surface area contributed by atoms with Crippen LogP contribution >= 0.6 is 12.2 Å². The van der Waals surface area contributed by atoms with Gasteiger partial charge >= 0.3 is 0 Å². The summed E-state index contributed by atoms with van der Waals surface area (Å²) in [5.41, 5.74) is 0. The number of hydrogen-bond acceptors (Lipinski definition) is 2. The molecule has 0 fully saturated rings. The first-order chi connectivity index (χ1) is 7.49. The second-order valence-electron chi connectivity index (χ2n) is 4.42. The monoisotopic (exact) mass is 240 g/mol. The molecule has 0 bridgehead atoms. The van der Waals surface area contributed by atoms with Crippen LogP contribution in [0.15, 0.2) is 16.5 Å². The van der Waals surface area contributed by atoms with Crippen LogP contribution in [0.5, 0.6) is 0 Å². The van der Waals surface area contributed by atoms with Gasteiger partial charge in [0, 0.05) is 6.54 Å². The third kappa shape index (κ3) is 4.23. The Bertz CT molecular complexity index is 347. The fraction of sp³-hybridized carbons (Fsp3) is 0.583. The van der Waals surface area contributed by atoms with E-state index in [2.05, 4.69) is 24.5 Å². The molecule has 0 aliphatic heterocycles. The number of hydrogen-bond donors (Lipinski definition) is 2. The van der Waals surface area contributed by atoms with Crippen molar-refractivity contribution in [2.75, 3.05) is 6.54 Å². The second kappa shape index (κ2) is 5.89. The number of aryl methyl sites for hydroxylation is 1. The Morgan fingerprint density at radius 3 is 2.56 bits per heavy atom. The van der Waals surface area contributed by atoms with Gasteiger partial charge in [0.05, 0.1) is 6.04 Å². The normalized spacial score (nSPS) is 12.6. The van der Waals surface area contributed by atoms with Crippen LogP contribution in [0, 0.1) is 12.8 Å². The molecular formula is C12H20N2OS. The van der Waals surface area contributed by atoms with Crippen LogP contribution in [-0.4, -0.2) is 11.7 Å².